The highest BCUT2D eigenvalue weighted by atomic mass is 32.1. The van der Waals surface area contributed by atoms with Crippen molar-refractivity contribution >= 4 is 17.3 Å². The minimum Gasteiger partial charge on any atom is -0.383 e. The first-order valence-corrected chi connectivity index (χ1v) is 7.28. The number of ether oxygens (including phenoxy) is 1. The zero-order chi connectivity index (χ0) is 12.1. The summed E-state index contributed by atoms with van der Waals surface area (Å²) in [4.78, 5) is 2.33. The predicted octanol–water partition coefficient (Wildman–Crippen LogP) is 2.30. The van der Waals surface area contributed by atoms with Crippen LogP contribution in [0.2, 0.25) is 0 Å². The zero-order valence-corrected chi connectivity index (χ0v) is 11.6. The summed E-state index contributed by atoms with van der Waals surface area (Å²) in [7, 11) is 1.75. The van der Waals surface area contributed by atoms with Crippen LogP contribution in [0, 0.1) is 0 Å². The molecular formula is C13H24N2OS. The normalized spacial score (nSPS) is 21.2. The van der Waals surface area contributed by atoms with E-state index in [0.717, 1.165) is 18.3 Å². The molecule has 2 rings (SSSR count). The van der Waals surface area contributed by atoms with E-state index in [0.29, 0.717) is 12.1 Å². The molecule has 0 radical (unpaired) electrons. The SMILES string of the molecule is COCCN(C(=S)NC1CCCCC1)C1CC1. The summed E-state index contributed by atoms with van der Waals surface area (Å²) in [6.45, 7) is 1.70. The minimum absolute atomic E-state index is 0.611. The monoisotopic (exact) mass is 256 g/mol. The molecule has 0 bridgehead atoms. The molecule has 2 fully saturated rings. The van der Waals surface area contributed by atoms with E-state index in [9.17, 15) is 0 Å². The van der Waals surface area contributed by atoms with Crippen LogP contribution in [0.25, 0.3) is 0 Å². The van der Waals surface area contributed by atoms with Gasteiger partial charge in [0.05, 0.1) is 6.61 Å². The summed E-state index contributed by atoms with van der Waals surface area (Å²) in [6.07, 6.45) is 9.22. The fraction of sp³-hybridized carbons (Fsp3) is 0.923. The van der Waals surface area contributed by atoms with E-state index < -0.39 is 0 Å². The molecule has 17 heavy (non-hydrogen) atoms. The Morgan fingerprint density at radius 1 is 1.24 bits per heavy atom. The second kappa shape index (κ2) is 6.55. The fourth-order valence-corrected chi connectivity index (χ4v) is 2.94. The van der Waals surface area contributed by atoms with Gasteiger partial charge in [0.1, 0.15) is 0 Å². The van der Waals surface area contributed by atoms with Gasteiger partial charge >= 0.3 is 0 Å². The molecule has 1 N–H and O–H groups in total. The van der Waals surface area contributed by atoms with Gasteiger partial charge in [-0.2, -0.15) is 0 Å². The second-order valence-electron chi connectivity index (χ2n) is 5.20. The number of hydrogen-bond donors (Lipinski definition) is 1. The van der Waals surface area contributed by atoms with Gasteiger partial charge in [-0.1, -0.05) is 19.3 Å². The smallest absolute Gasteiger partial charge is 0.169 e. The molecule has 0 aliphatic heterocycles. The topological polar surface area (TPSA) is 24.5 Å². The number of nitrogens with zero attached hydrogens (tertiary/aromatic N) is 1. The van der Waals surface area contributed by atoms with Crippen molar-refractivity contribution in [2.24, 2.45) is 0 Å². The largest absolute Gasteiger partial charge is 0.383 e. The summed E-state index contributed by atoms with van der Waals surface area (Å²) in [5, 5.41) is 4.51. The molecule has 0 amide bonds. The van der Waals surface area contributed by atoms with Crippen molar-refractivity contribution in [1.29, 1.82) is 0 Å². The van der Waals surface area contributed by atoms with Gasteiger partial charge < -0.3 is 15.0 Å². The van der Waals surface area contributed by atoms with E-state index in [-0.39, 0.29) is 0 Å². The molecule has 0 atom stereocenters. The van der Waals surface area contributed by atoms with E-state index >= 15 is 0 Å². The molecule has 0 aromatic carbocycles. The van der Waals surface area contributed by atoms with Crippen molar-refractivity contribution in [3.05, 3.63) is 0 Å². The molecule has 0 aromatic rings. The lowest BCUT2D eigenvalue weighted by molar-refractivity contribution is 0.173. The Kier molecular flexibility index (Phi) is 5.04. The highest BCUT2D eigenvalue weighted by Gasteiger charge is 2.31. The van der Waals surface area contributed by atoms with Gasteiger partial charge in [-0.05, 0) is 37.9 Å². The molecule has 4 heteroatoms. The van der Waals surface area contributed by atoms with Gasteiger partial charge in [-0.25, -0.2) is 0 Å². The Bertz CT molecular complexity index is 250. The fourth-order valence-electron chi connectivity index (χ4n) is 2.53. The Balaban J connectivity index is 1.78. The first-order valence-electron chi connectivity index (χ1n) is 6.87. The Hall–Kier alpha value is -0.350. The number of thiocarbonyl (C=S) groups is 1. The summed E-state index contributed by atoms with van der Waals surface area (Å²) in [6, 6.07) is 1.29. The van der Waals surface area contributed by atoms with Gasteiger partial charge in [0, 0.05) is 25.7 Å². The molecule has 2 aliphatic rings. The summed E-state index contributed by atoms with van der Waals surface area (Å²) >= 11 is 5.55. The van der Waals surface area contributed by atoms with Crippen LogP contribution >= 0.6 is 12.2 Å². The predicted molar refractivity (Wildman–Crippen MR) is 74.2 cm³/mol. The van der Waals surface area contributed by atoms with Crippen LogP contribution in [0.5, 0.6) is 0 Å². The van der Waals surface area contributed by atoms with Gasteiger partial charge in [-0.3, -0.25) is 0 Å². The third kappa shape index (κ3) is 4.11. The Morgan fingerprint density at radius 3 is 2.53 bits per heavy atom. The van der Waals surface area contributed by atoms with Crippen molar-refractivity contribution < 1.29 is 4.74 Å². The average molecular weight is 256 g/mol. The van der Waals surface area contributed by atoms with Crippen LogP contribution in [0.3, 0.4) is 0 Å². The van der Waals surface area contributed by atoms with E-state index in [2.05, 4.69) is 10.2 Å². The van der Waals surface area contributed by atoms with E-state index in [1.807, 2.05) is 0 Å². The van der Waals surface area contributed by atoms with Crippen LogP contribution < -0.4 is 5.32 Å². The molecule has 0 aromatic heterocycles. The maximum Gasteiger partial charge on any atom is 0.169 e. The quantitative estimate of drug-likeness (QED) is 0.763. The molecule has 2 saturated carbocycles. The molecule has 0 heterocycles. The van der Waals surface area contributed by atoms with Crippen molar-refractivity contribution in [2.75, 3.05) is 20.3 Å². The van der Waals surface area contributed by atoms with Crippen molar-refractivity contribution in [3.63, 3.8) is 0 Å². The first-order chi connectivity index (χ1) is 8.31. The highest BCUT2D eigenvalue weighted by Crippen LogP contribution is 2.27. The number of rotatable bonds is 5. The maximum absolute atomic E-state index is 5.55. The maximum atomic E-state index is 5.55. The van der Waals surface area contributed by atoms with E-state index in [4.69, 9.17) is 17.0 Å². The van der Waals surface area contributed by atoms with Crippen molar-refractivity contribution in [1.82, 2.24) is 10.2 Å². The lowest BCUT2D eigenvalue weighted by Crippen LogP contribution is -2.47. The molecule has 98 valence electrons. The molecule has 0 spiro atoms. The zero-order valence-electron chi connectivity index (χ0n) is 10.8. The lowest BCUT2D eigenvalue weighted by atomic mass is 9.96. The minimum atomic E-state index is 0.611. The second-order valence-corrected chi connectivity index (χ2v) is 5.59. The number of hydrogen-bond acceptors (Lipinski definition) is 2. The summed E-state index contributed by atoms with van der Waals surface area (Å²) in [5.41, 5.74) is 0. The van der Waals surface area contributed by atoms with E-state index in [1.165, 1.54) is 44.9 Å². The highest BCUT2D eigenvalue weighted by molar-refractivity contribution is 7.80. The molecule has 2 aliphatic carbocycles. The number of methoxy groups -OCH3 is 1. The van der Waals surface area contributed by atoms with Crippen molar-refractivity contribution in [3.8, 4) is 0 Å². The molecule has 0 unspecified atom stereocenters. The first kappa shape index (κ1) is 13.1. The van der Waals surface area contributed by atoms with E-state index in [1.54, 1.807) is 7.11 Å². The third-order valence-electron chi connectivity index (χ3n) is 3.72. The van der Waals surface area contributed by atoms with Crippen LogP contribution in [0.4, 0.5) is 0 Å². The average Bonchev–Trinajstić information content (AvgIpc) is 3.15. The summed E-state index contributed by atoms with van der Waals surface area (Å²) < 4.78 is 5.16. The Labute approximate surface area is 110 Å². The number of nitrogens with one attached hydrogen (secondary N) is 1. The van der Waals surface area contributed by atoms with Crippen LogP contribution in [0.15, 0.2) is 0 Å². The third-order valence-corrected chi connectivity index (χ3v) is 4.07. The molecule has 3 nitrogen and oxygen atoms in total. The van der Waals surface area contributed by atoms with Crippen LogP contribution in [-0.4, -0.2) is 42.4 Å². The molecule has 0 saturated heterocycles. The van der Waals surface area contributed by atoms with Gasteiger partial charge in [0.25, 0.3) is 0 Å². The van der Waals surface area contributed by atoms with Crippen molar-refractivity contribution in [2.45, 2.75) is 57.0 Å². The van der Waals surface area contributed by atoms with Gasteiger partial charge in [-0.15, -0.1) is 0 Å². The Morgan fingerprint density at radius 2 is 1.94 bits per heavy atom. The van der Waals surface area contributed by atoms with Crippen LogP contribution in [0.1, 0.15) is 44.9 Å². The van der Waals surface area contributed by atoms with Gasteiger partial charge in [0.2, 0.25) is 0 Å². The lowest BCUT2D eigenvalue weighted by Gasteiger charge is -2.30. The van der Waals surface area contributed by atoms with Gasteiger partial charge in [0.15, 0.2) is 5.11 Å². The van der Waals surface area contributed by atoms with Crippen LogP contribution in [-0.2, 0) is 4.74 Å². The summed E-state index contributed by atoms with van der Waals surface area (Å²) in [5.74, 6) is 0. The molecular weight excluding hydrogens is 232 g/mol. The standard InChI is InChI=1S/C13H24N2OS/c1-16-10-9-15(12-7-8-12)13(17)14-11-5-3-2-4-6-11/h11-12H,2-10H2,1H3,(H,14,17).